The Morgan fingerprint density at radius 2 is 2.09 bits per heavy atom. The van der Waals surface area contributed by atoms with Crippen molar-refractivity contribution in [3.05, 3.63) is 42.2 Å². The van der Waals surface area contributed by atoms with Crippen molar-refractivity contribution < 1.29 is 4.79 Å². The normalized spacial score (nSPS) is 14.4. The van der Waals surface area contributed by atoms with Crippen LogP contribution in [0.15, 0.2) is 36.7 Å². The van der Waals surface area contributed by atoms with E-state index in [0.717, 1.165) is 36.6 Å². The number of hydrogen-bond acceptors (Lipinski definition) is 3. The predicted octanol–water partition coefficient (Wildman–Crippen LogP) is 2.68. The number of aromatic nitrogens is 2. The molecule has 2 amide bonds. The Morgan fingerprint density at radius 3 is 2.74 bits per heavy atom. The number of carbonyl (C=O) groups excluding carboxylic acids is 1. The molecule has 23 heavy (non-hydrogen) atoms. The number of nitrogens with one attached hydrogen (secondary N) is 2. The maximum absolute atomic E-state index is 11.6. The lowest BCUT2D eigenvalue weighted by Gasteiger charge is -2.14. The van der Waals surface area contributed by atoms with Gasteiger partial charge in [-0.05, 0) is 30.2 Å². The fourth-order valence-electron chi connectivity index (χ4n) is 2.65. The van der Waals surface area contributed by atoms with Gasteiger partial charge in [0.05, 0.1) is 6.20 Å². The van der Waals surface area contributed by atoms with Crippen LogP contribution in [-0.2, 0) is 13.1 Å². The molecule has 0 atom stereocenters. The Bertz CT molecular complexity index is 662. The quantitative estimate of drug-likeness (QED) is 0.862. The first-order valence-electron chi connectivity index (χ1n) is 8.02. The Labute approximate surface area is 136 Å². The van der Waals surface area contributed by atoms with E-state index in [1.54, 1.807) is 4.90 Å². The monoisotopic (exact) mass is 313 g/mol. The molecule has 1 aliphatic heterocycles. The van der Waals surface area contributed by atoms with Crippen molar-refractivity contribution in [1.82, 2.24) is 15.1 Å². The van der Waals surface area contributed by atoms with E-state index in [1.165, 1.54) is 0 Å². The van der Waals surface area contributed by atoms with Crippen LogP contribution >= 0.6 is 0 Å². The second-order valence-corrected chi connectivity index (χ2v) is 6.25. The van der Waals surface area contributed by atoms with Gasteiger partial charge in [-0.3, -0.25) is 9.58 Å². The highest BCUT2D eigenvalue weighted by molar-refractivity contribution is 5.94. The molecule has 6 heteroatoms. The van der Waals surface area contributed by atoms with Gasteiger partial charge in [-0.15, -0.1) is 0 Å². The first-order valence-corrected chi connectivity index (χ1v) is 8.02. The Morgan fingerprint density at radius 1 is 1.30 bits per heavy atom. The molecule has 3 rings (SSSR count). The minimum atomic E-state index is -0.0247. The molecule has 2 N–H and O–H groups in total. The molecule has 1 aromatic carbocycles. The molecule has 2 aromatic rings. The zero-order chi connectivity index (χ0) is 16.2. The van der Waals surface area contributed by atoms with Crippen molar-refractivity contribution in [2.75, 3.05) is 23.3 Å². The summed E-state index contributed by atoms with van der Waals surface area (Å²) in [4.78, 5) is 13.4. The van der Waals surface area contributed by atoms with Gasteiger partial charge >= 0.3 is 6.03 Å². The number of anilines is 2. The lowest BCUT2D eigenvalue weighted by molar-refractivity contribution is 0.252. The number of benzene rings is 1. The summed E-state index contributed by atoms with van der Waals surface area (Å²) < 4.78 is 1.98. The van der Waals surface area contributed by atoms with Gasteiger partial charge in [-0.1, -0.05) is 13.8 Å². The lowest BCUT2D eigenvalue weighted by Crippen LogP contribution is -2.27. The summed E-state index contributed by atoms with van der Waals surface area (Å²) in [6, 6.07) is 7.91. The molecule has 6 nitrogen and oxygen atoms in total. The summed E-state index contributed by atoms with van der Waals surface area (Å²) in [5.41, 5.74) is 3.12. The van der Waals surface area contributed by atoms with Crippen LogP contribution < -0.4 is 15.5 Å². The fourth-order valence-corrected chi connectivity index (χ4v) is 2.65. The van der Waals surface area contributed by atoms with E-state index >= 15 is 0 Å². The maximum Gasteiger partial charge on any atom is 0.321 e. The van der Waals surface area contributed by atoms with Crippen LogP contribution in [0.25, 0.3) is 0 Å². The van der Waals surface area contributed by atoms with Crippen LogP contribution in [0.2, 0.25) is 0 Å². The van der Waals surface area contributed by atoms with Gasteiger partial charge in [0.1, 0.15) is 0 Å². The van der Waals surface area contributed by atoms with Gasteiger partial charge in [0.25, 0.3) is 0 Å². The number of urea groups is 1. The lowest BCUT2D eigenvalue weighted by atomic mass is 10.2. The summed E-state index contributed by atoms with van der Waals surface area (Å²) in [7, 11) is 0. The molecule has 0 saturated carbocycles. The first kappa shape index (κ1) is 15.4. The standard InChI is InChI=1S/C17H23N5O/c1-13(2)11-21-12-14(10-20-21)9-19-15-3-5-16(6-4-15)22-8-7-18-17(22)23/h3-6,10,12-13,19H,7-9,11H2,1-2H3,(H,18,23). The van der Waals surface area contributed by atoms with Crippen molar-refractivity contribution in [2.24, 2.45) is 5.92 Å². The maximum atomic E-state index is 11.6. The van der Waals surface area contributed by atoms with E-state index in [2.05, 4.69) is 35.8 Å². The largest absolute Gasteiger partial charge is 0.381 e. The zero-order valence-corrected chi connectivity index (χ0v) is 13.6. The van der Waals surface area contributed by atoms with Gasteiger partial charge in [0.15, 0.2) is 0 Å². The Balaban J connectivity index is 1.56. The molecule has 0 radical (unpaired) electrons. The Hall–Kier alpha value is -2.50. The molecule has 1 fully saturated rings. The van der Waals surface area contributed by atoms with E-state index in [-0.39, 0.29) is 6.03 Å². The van der Waals surface area contributed by atoms with E-state index < -0.39 is 0 Å². The van der Waals surface area contributed by atoms with E-state index in [9.17, 15) is 4.79 Å². The van der Waals surface area contributed by atoms with Gasteiger partial charge in [-0.2, -0.15) is 5.10 Å². The first-order chi connectivity index (χ1) is 11.1. The minimum absolute atomic E-state index is 0.0247. The number of carbonyl (C=O) groups is 1. The predicted molar refractivity (Wildman–Crippen MR) is 91.6 cm³/mol. The number of rotatable bonds is 6. The number of nitrogens with zero attached hydrogens (tertiary/aromatic N) is 3. The molecule has 0 unspecified atom stereocenters. The van der Waals surface area contributed by atoms with Crippen molar-refractivity contribution in [1.29, 1.82) is 0 Å². The average Bonchev–Trinajstić information content (AvgIpc) is 3.14. The highest BCUT2D eigenvalue weighted by Crippen LogP contribution is 2.20. The summed E-state index contributed by atoms with van der Waals surface area (Å²) >= 11 is 0. The average molecular weight is 313 g/mol. The van der Waals surface area contributed by atoms with E-state index in [4.69, 9.17) is 0 Å². The zero-order valence-electron chi connectivity index (χ0n) is 13.6. The van der Waals surface area contributed by atoms with Gasteiger partial charge in [-0.25, -0.2) is 4.79 Å². The summed E-state index contributed by atoms with van der Waals surface area (Å²) in [6.45, 7) is 7.47. The second kappa shape index (κ2) is 6.73. The van der Waals surface area contributed by atoms with Crippen LogP contribution in [0.3, 0.4) is 0 Å². The molecule has 1 aliphatic rings. The third kappa shape index (κ3) is 3.83. The molecule has 1 saturated heterocycles. The molecule has 2 heterocycles. The van der Waals surface area contributed by atoms with Gasteiger partial charge in [0, 0.05) is 49.3 Å². The molecule has 0 aliphatic carbocycles. The van der Waals surface area contributed by atoms with Crippen molar-refractivity contribution in [3.63, 3.8) is 0 Å². The molecule has 1 aromatic heterocycles. The van der Waals surface area contributed by atoms with Crippen LogP contribution in [0.1, 0.15) is 19.4 Å². The highest BCUT2D eigenvalue weighted by Gasteiger charge is 2.20. The SMILES string of the molecule is CC(C)Cn1cc(CNc2ccc(N3CCNC3=O)cc2)cn1. The molecule has 122 valence electrons. The smallest absolute Gasteiger partial charge is 0.321 e. The minimum Gasteiger partial charge on any atom is -0.381 e. The highest BCUT2D eigenvalue weighted by atomic mass is 16.2. The van der Waals surface area contributed by atoms with Gasteiger partial charge < -0.3 is 10.6 Å². The number of hydrogen-bond donors (Lipinski definition) is 2. The molecular formula is C17H23N5O. The van der Waals surface area contributed by atoms with Crippen LogP contribution in [0.5, 0.6) is 0 Å². The second-order valence-electron chi connectivity index (χ2n) is 6.25. The van der Waals surface area contributed by atoms with Crippen molar-refractivity contribution in [3.8, 4) is 0 Å². The summed E-state index contributed by atoms with van der Waals surface area (Å²) in [6.07, 6.45) is 3.98. The van der Waals surface area contributed by atoms with E-state index in [0.29, 0.717) is 12.5 Å². The van der Waals surface area contributed by atoms with E-state index in [1.807, 2.05) is 35.1 Å². The third-order valence-corrected chi connectivity index (χ3v) is 3.77. The van der Waals surface area contributed by atoms with Crippen molar-refractivity contribution in [2.45, 2.75) is 26.9 Å². The fraction of sp³-hybridized carbons (Fsp3) is 0.412. The van der Waals surface area contributed by atoms with Crippen molar-refractivity contribution >= 4 is 17.4 Å². The number of amides is 2. The third-order valence-electron chi connectivity index (χ3n) is 3.77. The van der Waals surface area contributed by atoms with Gasteiger partial charge in [0.2, 0.25) is 0 Å². The summed E-state index contributed by atoms with van der Waals surface area (Å²) in [5.74, 6) is 0.589. The molecular weight excluding hydrogens is 290 g/mol. The molecule has 0 bridgehead atoms. The topological polar surface area (TPSA) is 62.2 Å². The summed E-state index contributed by atoms with van der Waals surface area (Å²) in [5, 5.41) is 10.6. The Kier molecular flexibility index (Phi) is 4.50. The van der Waals surface area contributed by atoms with Crippen LogP contribution in [0.4, 0.5) is 16.2 Å². The van der Waals surface area contributed by atoms with Crippen LogP contribution in [-0.4, -0.2) is 28.9 Å². The van der Waals surface area contributed by atoms with Crippen LogP contribution in [0, 0.1) is 5.92 Å². The molecule has 0 spiro atoms.